The van der Waals surface area contributed by atoms with Gasteiger partial charge in [0, 0.05) is 10.9 Å². The van der Waals surface area contributed by atoms with E-state index in [4.69, 9.17) is 0 Å². The zero-order chi connectivity index (χ0) is 13.5. The van der Waals surface area contributed by atoms with Crippen molar-refractivity contribution in [1.82, 2.24) is 10.2 Å². The maximum absolute atomic E-state index is 11.8. The highest BCUT2D eigenvalue weighted by Gasteiger charge is 2.14. The minimum Gasteiger partial charge on any atom is -0.267 e. The number of benzene rings is 2. The first-order valence-corrected chi connectivity index (χ1v) is 6.92. The third kappa shape index (κ3) is 1.67. The van der Waals surface area contributed by atoms with Crippen LogP contribution < -0.4 is 5.56 Å². The number of nitrogens with zero attached hydrogens (tertiary/aromatic N) is 1. The second-order valence-corrected chi connectivity index (χ2v) is 5.28. The Kier molecular flexibility index (Phi) is 2.46. The Morgan fingerprint density at radius 1 is 0.950 bits per heavy atom. The smallest absolute Gasteiger partial charge is 0.267 e. The van der Waals surface area contributed by atoms with Crippen molar-refractivity contribution in [2.45, 2.75) is 19.3 Å². The Morgan fingerprint density at radius 2 is 1.75 bits per heavy atom. The van der Waals surface area contributed by atoms with Gasteiger partial charge in [0.1, 0.15) is 0 Å². The standard InChI is InChI=1S/C17H14N2O/c20-17-15-7-2-1-6-14(15)16(18-19-17)13-9-8-11-4-3-5-12(11)10-13/h1-2,6-10H,3-5H2,(H,19,20). The molecule has 4 rings (SSSR count). The monoisotopic (exact) mass is 262 g/mol. The molecule has 98 valence electrons. The summed E-state index contributed by atoms with van der Waals surface area (Å²) in [6.45, 7) is 0. The molecule has 0 fully saturated rings. The molecule has 1 N–H and O–H groups in total. The van der Waals surface area contributed by atoms with Crippen LogP contribution in [0.2, 0.25) is 0 Å². The summed E-state index contributed by atoms with van der Waals surface area (Å²) < 4.78 is 0. The Hall–Kier alpha value is -2.42. The molecule has 1 heterocycles. The van der Waals surface area contributed by atoms with Crippen LogP contribution in [0.25, 0.3) is 22.0 Å². The lowest BCUT2D eigenvalue weighted by molar-refractivity contribution is 0.912. The number of rotatable bonds is 1. The molecule has 0 saturated carbocycles. The van der Waals surface area contributed by atoms with Crippen molar-refractivity contribution in [2.75, 3.05) is 0 Å². The molecular formula is C17H14N2O. The lowest BCUT2D eigenvalue weighted by Gasteiger charge is -2.07. The summed E-state index contributed by atoms with van der Waals surface area (Å²) in [7, 11) is 0. The number of fused-ring (bicyclic) bond motifs is 2. The van der Waals surface area contributed by atoms with E-state index in [9.17, 15) is 4.79 Å². The summed E-state index contributed by atoms with van der Waals surface area (Å²) >= 11 is 0. The second kappa shape index (κ2) is 4.30. The molecule has 0 atom stereocenters. The van der Waals surface area contributed by atoms with Crippen molar-refractivity contribution >= 4 is 10.8 Å². The van der Waals surface area contributed by atoms with Gasteiger partial charge in [-0.15, -0.1) is 0 Å². The highest BCUT2D eigenvalue weighted by Crippen LogP contribution is 2.29. The highest BCUT2D eigenvalue weighted by molar-refractivity contribution is 5.93. The maximum Gasteiger partial charge on any atom is 0.272 e. The molecule has 0 amide bonds. The molecule has 0 unspecified atom stereocenters. The van der Waals surface area contributed by atoms with E-state index < -0.39 is 0 Å². The quantitative estimate of drug-likeness (QED) is 0.732. The van der Waals surface area contributed by atoms with Gasteiger partial charge in [0.05, 0.1) is 11.1 Å². The molecule has 0 saturated heterocycles. The molecule has 2 aromatic carbocycles. The van der Waals surface area contributed by atoms with Crippen LogP contribution in [0.15, 0.2) is 47.3 Å². The zero-order valence-electron chi connectivity index (χ0n) is 11.0. The van der Waals surface area contributed by atoms with Crippen LogP contribution in [0.1, 0.15) is 17.5 Å². The molecule has 1 aliphatic carbocycles. The molecule has 3 heteroatoms. The Morgan fingerprint density at radius 3 is 2.65 bits per heavy atom. The molecule has 3 aromatic rings. The summed E-state index contributed by atoms with van der Waals surface area (Å²) in [5.74, 6) is 0. The van der Waals surface area contributed by atoms with Crippen molar-refractivity contribution in [2.24, 2.45) is 0 Å². The molecule has 0 spiro atoms. The van der Waals surface area contributed by atoms with Crippen LogP contribution in [-0.4, -0.2) is 10.2 Å². The summed E-state index contributed by atoms with van der Waals surface area (Å²) in [6.07, 6.45) is 3.55. The van der Waals surface area contributed by atoms with E-state index in [2.05, 4.69) is 28.4 Å². The number of nitrogens with one attached hydrogen (secondary N) is 1. The minimum absolute atomic E-state index is 0.134. The van der Waals surface area contributed by atoms with E-state index in [1.807, 2.05) is 24.3 Å². The third-order valence-electron chi connectivity index (χ3n) is 4.07. The van der Waals surface area contributed by atoms with Gasteiger partial charge >= 0.3 is 0 Å². The third-order valence-corrected chi connectivity index (χ3v) is 4.07. The minimum atomic E-state index is -0.134. The zero-order valence-corrected chi connectivity index (χ0v) is 11.0. The number of aryl methyl sites for hydroxylation is 2. The van der Waals surface area contributed by atoms with Crippen LogP contribution in [-0.2, 0) is 12.8 Å². The lowest BCUT2D eigenvalue weighted by Crippen LogP contribution is -2.09. The Labute approximate surface area is 116 Å². The van der Waals surface area contributed by atoms with Crippen LogP contribution in [0.5, 0.6) is 0 Å². The van der Waals surface area contributed by atoms with E-state index in [1.165, 1.54) is 24.0 Å². The largest absolute Gasteiger partial charge is 0.272 e. The molecule has 1 aliphatic rings. The normalized spacial score (nSPS) is 13.6. The average molecular weight is 262 g/mol. The fraction of sp³-hybridized carbons (Fsp3) is 0.176. The van der Waals surface area contributed by atoms with E-state index in [0.29, 0.717) is 5.39 Å². The van der Waals surface area contributed by atoms with E-state index in [-0.39, 0.29) is 5.56 Å². The Balaban J connectivity index is 1.99. The average Bonchev–Trinajstić information content (AvgIpc) is 2.95. The van der Waals surface area contributed by atoms with Crippen molar-refractivity contribution in [3.05, 3.63) is 63.9 Å². The van der Waals surface area contributed by atoms with Gasteiger partial charge in [-0.1, -0.05) is 30.3 Å². The van der Waals surface area contributed by atoms with Gasteiger partial charge in [-0.2, -0.15) is 5.10 Å². The van der Waals surface area contributed by atoms with Crippen LogP contribution >= 0.6 is 0 Å². The summed E-state index contributed by atoms with van der Waals surface area (Å²) in [5.41, 5.74) is 4.67. The van der Waals surface area contributed by atoms with Gasteiger partial charge in [-0.3, -0.25) is 4.79 Å². The molecule has 0 radical (unpaired) electrons. The van der Waals surface area contributed by atoms with Gasteiger partial charge < -0.3 is 0 Å². The molecule has 1 aromatic heterocycles. The van der Waals surface area contributed by atoms with Gasteiger partial charge in [0.15, 0.2) is 0 Å². The highest BCUT2D eigenvalue weighted by atomic mass is 16.1. The molecule has 20 heavy (non-hydrogen) atoms. The fourth-order valence-electron chi connectivity index (χ4n) is 3.05. The summed E-state index contributed by atoms with van der Waals surface area (Å²) in [6, 6.07) is 14.1. The molecule has 3 nitrogen and oxygen atoms in total. The molecule has 0 aliphatic heterocycles. The fourth-order valence-corrected chi connectivity index (χ4v) is 3.05. The number of aromatic nitrogens is 2. The van der Waals surface area contributed by atoms with Crippen LogP contribution in [0.3, 0.4) is 0 Å². The van der Waals surface area contributed by atoms with Gasteiger partial charge in [0.25, 0.3) is 5.56 Å². The predicted octanol–water partition coefficient (Wildman–Crippen LogP) is 3.08. The number of H-pyrrole nitrogens is 1. The topological polar surface area (TPSA) is 45.8 Å². The van der Waals surface area contributed by atoms with Crippen molar-refractivity contribution in [3.8, 4) is 11.3 Å². The van der Waals surface area contributed by atoms with Gasteiger partial charge in [-0.05, 0) is 42.5 Å². The van der Waals surface area contributed by atoms with Crippen LogP contribution in [0, 0.1) is 0 Å². The van der Waals surface area contributed by atoms with Crippen molar-refractivity contribution < 1.29 is 0 Å². The summed E-state index contributed by atoms with van der Waals surface area (Å²) in [4.78, 5) is 11.8. The van der Waals surface area contributed by atoms with E-state index in [0.717, 1.165) is 23.1 Å². The first kappa shape index (κ1) is 11.4. The van der Waals surface area contributed by atoms with E-state index in [1.54, 1.807) is 0 Å². The first-order valence-electron chi connectivity index (χ1n) is 6.92. The lowest BCUT2D eigenvalue weighted by atomic mass is 10.0. The van der Waals surface area contributed by atoms with Crippen molar-refractivity contribution in [3.63, 3.8) is 0 Å². The number of aromatic amines is 1. The van der Waals surface area contributed by atoms with E-state index >= 15 is 0 Å². The predicted molar refractivity (Wildman–Crippen MR) is 79.8 cm³/mol. The first-order chi connectivity index (χ1) is 9.83. The summed E-state index contributed by atoms with van der Waals surface area (Å²) in [5, 5.41) is 8.47. The van der Waals surface area contributed by atoms with Crippen molar-refractivity contribution in [1.29, 1.82) is 0 Å². The molecular weight excluding hydrogens is 248 g/mol. The van der Waals surface area contributed by atoms with Crippen LogP contribution in [0.4, 0.5) is 0 Å². The number of hydrogen-bond acceptors (Lipinski definition) is 2. The number of hydrogen-bond donors (Lipinski definition) is 1. The molecule has 0 bridgehead atoms. The SMILES string of the molecule is O=c1[nH]nc(-c2ccc3c(c2)CCC3)c2ccccc12. The van der Waals surface area contributed by atoms with Gasteiger partial charge in [0.2, 0.25) is 0 Å². The second-order valence-electron chi connectivity index (χ2n) is 5.28. The van der Waals surface area contributed by atoms with Gasteiger partial charge in [-0.25, -0.2) is 5.10 Å². The Bertz CT molecular complexity index is 864. The maximum atomic E-state index is 11.8.